The predicted octanol–water partition coefficient (Wildman–Crippen LogP) is 4.02. The van der Waals surface area contributed by atoms with Crippen molar-refractivity contribution in [3.8, 4) is 11.5 Å². The second kappa shape index (κ2) is 10.9. The maximum atomic E-state index is 12.0. The summed E-state index contributed by atoms with van der Waals surface area (Å²) < 4.78 is 5.27. The molecule has 0 spiro atoms. The van der Waals surface area contributed by atoms with Crippen LogP contribution in [0.25, 0.3) is 0 Å². The van der Waals surface area contributed by atoms with Gasteiger partial charge in [-0.25, -0.2) is 5.43 Å². The highest BCUT2D eigenvalue weighted by Gasteiger charge is 2.10. The van der Waals surface area contributed by atoms with Crippen molar-refractivity contribution in [1.82, 2.24) is 10.7 Å². The Labute approximate surface area is 182 Å². The first-order valence-corrected chi connectivity index (χ1v) is 9.65. The van der Waals surface area contributed by atoms with E-state index in [1.165, 1.54) is 36.5 Å². The van der Waals surface area contributed by atoms with Crippen LogP contribution in [0.15, 0.2) is 35.4 Å². The number of rotatable bonds is 8. The van der Waals surface area contributed by atoms with Crippen LogP contribution in [-0.4, -0.2) is 36.3 Å². The van der Waals surface area contributed by atoms with Crippen LogP contribution in [0.2, 0.25) is 15.1 Å². The van der Waals surface area contributed by atoms with Gasteiger partial charge in [-0.2, -0.15) is 5.10 Å². The Balaban J connectivity index is 1.82. The molecule has 0 bridgehead atoms. The summed E-state index contributed by atoms with van der Waals surface area (Å²) in [6.07, 6.45) is 1.38. The molecule has 0 atom stereocenters. The molecule has 0 fully saturated rings. The van der Waals surface area contributed by atoms with Crippen LogP contribution in [0.5, 0.6) is 11.5 Å². The van der Waals surface area contributed by atoms with Gasteiger partial charge in [-0.05, 0) is 42.8 Å². The van der Waals surface area contributed by atoms with Gasteiger partial charge in [0.05, 0.1) is 27.9 Å². The van der Waals surface area contributed by atoms with Crippen LogP contribution < -0.4 is 15.5 Å². The Bertz CT molecular complexity index is 935. The molecule has 0 saturated heterocycles. The number of benzene rings is 2. The molecule has 0 saturated carbocycles. The lowest BCUT2D eigenvalue weighted by Gasteiger charge is -2.08. The smallest absolute Gasteiger partial charge is 0.251 e. The van der Waals surface area contributed by atoms with Gasteiger partial charge in [-0.1, -0.05) is 34.8 Å². The molecule has 2 rings (SSSR count). The number of nitrogens with zero attached hydrogens (tertiary/aromatic N) is 1. The number of hydrogen-bond donors (Lipinski definition) is 3. The number of nitrogens with one attached hydrogen (secondary N) is 2. The van der Waals surface area contributed by atoms with E-state index in [4.69, 9.17) is 39.5 Å². The average Bonchev–Trinajstić information content (AvgIpc) is 2.68. The van der Waals surface area contributed by atoms with Crippen LogP contribution >= 0.6 is 34.8 Å². The summed E-state index contributed by atoms with van der Waals surface area (Å²) in [4.78, 5) is 23.8. The molecule has 0 heterocycles. The molecule has 7 nitrogen and oxygen atoms in total. The number of aromatic hydroxyl groups is 1. The highest BCUT2D eigenvalue weighted by molar-refractivity contribution is 6.42. The van der Waals surface area contributed by atoms with E-state index in [1.807, 2.05) is 0 Å². The quantitative estimate of drug-likeness (QED) is 0.411. The number of hydrogen-bond acceptors (Lipinski definition) is 5. The Morgan fingerprint density at radius 2 is 1.90 bits per heavy atom. The van der Waals surface area contributed by atoms with Crippen molar-refractivity contribution < 1.29 is 19.4 Å². The Kier molecular flexibility index (Phi) is 8.57. The topological polar surface area (TPSA) is 100 Å². The van der Waals surface area contributed by atoms with E-state index in [-0.39, 0.29) is 40.4 Å². The molecule has 0 aliphatic rings. The van der Waals surface area contributed by atoms with Gasteiger partial charge >= 0.3 is 0 Å². The Hall–Kier alpha value is -2.48. The number of hydrazone groups is 1. The fourth-order valence-corrected chi connectivity index (χ4v) is 2.71. The maximum absolute atomic E-state index is 12.0. The van der Waals surface area contributed by atoms with Crippen molar-refractivity contribution in [2.75, 3.05) is 13.2 Å². The predicted molar refractivity (Wildman–Crippen MR) is 113 cm³/mol. The van der Waals surface area contributed by atoms with Gasteiger partial charge in [0.25, 0.3) is 5.91 Å². The first-order chi connectivity index (χ1) is 13.8. The molecule has 2 aromatic rings. The summed E-state index contributed by atoms with van der Waals surface area (Å²) in [6, 6.07) is 7.52. The first kappa shape index (κ1) is 22.8. The highest BCUT2D eigenvalue weighted by Crippen LogP contribution is 2.34. The lowest BCUT2D eigenvalue weighted by Crippen LogP contribution is -2.29. The molecule has 10 heteroatoms. The fraction of sp³-hybridized carbons (Fsp3) is 0.211. The standard InChI is InChI=1S/C19H18Cl3N3O4/c1-2-29-16-8-11(7-15(22)18(16)27)10-24-25-17(26)5-6-23-19(28)12-3-4-13(20)14(21)9-12/h3-4,7-10,27H,2,5-6H2,1H3,(H,23,28)(H,25,26). The van der Waals surface area contributed by atoms with Crippen molar-refractivity contribution >= 4 is 52.8 Å². The molecule has 29 heavy (non-hydrogen) atoms. The zero-order valence-corrected chi connectivity index (χ0v) is 17.6. The van der Waals surface area contributed by atoms with E-state index in [0.717, 1.165) is 0 Å². The SMILES string of the molecule is CCOc1cc(C=NNC(=O)CCNC(=O)c2ccc(Cl)c(Cl)c2)cc(Cl)c1O. The molecule has 0 aliphatic heterocycles. The number of halogens is 3. The summed E-state index contributed by atoms with van der Waals surface area (Å²) >= 11 is 17.6. The van der Waals surface area contributed by atoms with Crippen LogP contribution in [0.1, 0.15) is 29.3 Å². The van der Waals surface area contributed by atoms with Crippen LogP contribution in [0, 0.1) is 0 Å². The van der Waals surface area contributed by atoms with Gasteiger partial charge in [-0.3, -0.25) is 9.59 Å². The molecule has 3 N–H and O–H groups in total. The second-order valence-electron chi connectivity index (χ2n) is 5.71. The van der Waals surface area contributed by atoms with Crippen molar-refractivity contribution in [1.29, 1.82) is 0 Å². The van der Waals surface area contributed by atoms with Gasteiger partial charge in [0.15, 0.2) is 11.5 Å². The molecule has 0 aliphatic carbocycles. The fourth-order valence-electron chi connectivity index (χ4n) is 2.20. The summed E-state index contributed by atoms with van der Waals surface area (Å²) in [7, 11) is 0. The third kappa shape index (κ3) is 6.81. The largest absolute Gasteiger partial charge is 0.503 e. The number of ether oxygens (including phenoxy) is 1. The number of phenolic OH excluding ortho intramolecular Hbond substituents is 1. The Morgan fingerprint density at radius 3 is 2.59 bits per heavy atom. The Morgan fingerprint density at radius 1 is 1.14 bits per heavy atom. The third-order valence-corrected chi connectivity index (χ3v) is 4.60. The van der Waals surface area contributed by atoms with E-state index in [0.29, 0.717) is 22.8 Å². The van der Waals surface area contributed by atoms with Gasteiger partial charge in [0.2, 0.25) is 5.91 Å². The van der Waals surface area contributed by atoms with Crippen molar-refractivity contribution in [3.63, 3.8) is 0 Å². The molecule has 0 radical (unpaired) electrons. The highest BCUT2D eigenvalue weighted by atomic mass is 35.5. The summed E-state index contributed by atoms with van der Waals surface area (Å²) in [6.45, 7) is 2.24. The lowest BCUT2D eigenvalue weighted by molar-refractivity contribution is -0.120. The van der Waals surface area contributed by atoms with Gasteiger partial charge in [-0.15, -0.1) is 0 Å². The lowest BCUT2D eigenvalue weighted by atomic mass is 10.2. The van der Waals surface area contributed by atoms with Crippen LogP contribution in [-0.2, 0) is 4.79 Å². The van der Waals surface area contributed by atoms with Gasteiger partial charge in [0, 0.05) is 18.5 Å². The third-order valence-electron chi connectivity index (χ3n) is 3.57. The van der Waals surface area contributed by atoms with Gasteiger partial charge in [0.1, 0.15) is 0 Å². The zero-order chi connectivity index (χ0) is 21.4. The average molecular weight is 459 g/mol. The van der Waals surface area contributed by atoms with Crippen molar-refractivity contribution in [2.24, 2.45) is 5.10 Å². The summed E-state index contributed by atoms with van der Waals surface area (Å²) in [5, 5.41) is 17.0. The molecular weight excluding hydrogens is 441 g/mol. The normalized spacial score (nSPS) is 10.8. The van der Waals surface area contributed by atoms with E-state index in [1.54, 1.807) is 6.92 Å². The van der Waals surface area contributed by atoms with E-state index in [9.17, 15) is 14.7 Å². The number of phenols is 1. The number of carbonyl (C=O) groups excluding carboxylic acids is 2. The minimum atomic E-state index is -0.398. The molecule has 154 valence electrons. The van der Waals surface area contributed by atoms with E-state index < -0.39 is 5.91 Å². The summed E-state index contributed by atoms with van der Waals surface area (Å²) in [5.41, 5.74) is 3.21. The molecule has 2 amide bonds. The summed E-state index contributed by atoms with van der Waals surface area (Å²) in [5.74, 6) is -0.710. The molecular formula is C19H18Cl3N3O4. The van der Waals surface area contributed by atoms with E-state index in [2.05, 4.69) is 15.8 Å². The minimum Gasteiger partial charge on any atom is -0.503 e. The van der Waals surface area contributed by atoms with Crippen molar-refractivity contribution in [3.05, 3.63) is 56.5 Å². The molecule has 0 unspecified atom stereocenters. The molecule has 2 aromatic carbocycles. The minimum absolute atomic E-state index is 0.0188. The van der Waals surface area contributed by atoms with Crippen molar-refractivity contribution in [2.45, 2.75) is 13.3 Å². The second-order valence-corrected chi connectivity index (χ2v) is 6.93. The number of carbonyl (C=O) groups is 2. The monoisotopic (exact) mass is 457 g/mol. The maximum Gasteiger partial charge on any atom is 0.251 e. The first-order valence-electron chi connectivity index (χ1n) is 8.52. The van der Waals surface area contributed by atoms with E-state index >= 15 is 0 Å². The van der Waals surface area contributed by atoms with Crippen LogP contribution in [0.3, 0.4) is 0 Å². The molecule has 0 aromatic heterocycles. The zero-order valence-electron chi connectivity index (χ0n) is 15.3. The van der Waals surface area contributed by atoms with Gasteiger partial charge < -0.3 is 15.2 Å². The van der Waals surface area contributed by atoms with Crippen LogP contribution in [0.4, 0.5) is 0 Å². The number of amides is 2.